The lowest BCUT2D eigenvalue weighted by Crippen LogP contribution is -2.26. The normalized spacial score (nSPS) is 25.8. The summed E-state index contributed by atoms with van der Waals surface area (Å²) in [6.45, 7) is 12.1. The molecule has 0 N–H and O–H groups in total. The summed E-state index contributed by atoms with van der Waals surface area (Å²) in [4.78, 5) is 22.3. The lowest BCUT2D eigenvalue weighted by atomic mass is 9.85. The van der Waals surface area contributed by atoms with Gasteiger partial charge in [0, 0.05) is 12.3 Å². The molecule has 0 aromatic rings. The molecule has 0 bridgehead atoms. The summed E-state index contributed by atoms with van der Waals surface area (Å²) in [6, 6.07) is 0. The van der Waals surface area contributed by atoms with Crippen molar-refractivity contribution in [2.45, 2.75) is 39.2 Å². The van der Waals surface area contributed by atoms with Crippen molar-refractivity contribution in [2.75, 3.05) is 6.61 Å². The van der Waals surface area contributed by atoms with Gasteiger partial charge in [0.25, 0.3) is 6.47 Å². The Kier molecular flexibility index (Phi) is 5.80. The number of allylic oxidation sites excluding steroid dienone is 1. The molecule has 1 aliphatic rings. The molecular formula is C15H22O4. The molecule has 0 saturated carbocycles. The quantitative estimate of drug-likeness (QED) is 0.385. The van der Waals surface area contributed by atoms with E-state index in [-0.39, 0.29) is 30.5 Å². The molecule has 0 aromatic carbocycles. The Hall–Kier alpha value is -1.58. The third-order valence-electron chi connectivity index (χ3n) is 3.35. The molecule has 0 aromatic heterocycles. The summed E-state index contributed by atoms with van der Waals surface area (Å²) >= 11 is 0. The van der Waals surface area contributed by atoms with Crippen molar-refractivity contribution in [1.82, 2.24) is 0 Å². The summed E-state index contributed by atoms with van der Waals surface area (Å²) in [7, 11) is 0. The lowest BCUT2D eigenvalue weighted by Gasteiger charge is -2.20. The molecule has 4 nitrogen and oxygen atoms in total. The number of cyclic esters (lactones) is 1. The average Bonchev–Trinajstić information content (AvgIpc) is 2.58. The topological polar surface area (TPSA) is 52.6 Å². The van der Waals surface area contributed by atoms with Crippen molar-refractivity contribution >= 4 is 12.4 Å². The molecule has 19 heavy (non-hydrogen) atoms. The minimum Gasteiger partial charge on any atom is -0.467 e. The van der Waals surface area contributed by atoms with Gasteiger partial charge in [-0.15, -0.1) is 13.2 Å². The van der Waals surface area contributed by atoms with Gasteiger partial charge >= 0.3 is 5.97 Å². The second-order valence-corrected chi connectivity index (χ2v) is 5.33. The van der Waals surface area contributed by atoms with E-state index < -0.39 is 0 Å². The highest BCUT2D eigenvalue weighted by atomic mass is 16.6. The van der Waals surface area contributed by atoms with Gasteiger partial charge in [0.2, 0.25) is 0 Å². The fraction of sp³-hybridized carbons (Fsp3) is 0.600. The van der Waals surface area contributed by atoms with E-state index in [0.29, 0.717) is 19.3 Å². The van der Waals surface area contributed by atoms with Crippen molar-refractivity contribution in [2.24, 2.45) is 11.8 Å². The molecule has 0 radical (unpaired) electrons. The third kappa shape index (κ3) is 4.54. The molecule has 0 spiro atoms. The molecule has 0 aliphatic carbocycles. The van der Waals surface area contributed by atoms with Crippen LogP contribution in [0.15, 0.2) is 24.3 Å². The van der Waals surface area contributed by atoms with Gasteiger partial charge in [-0.2, -0.15) is 0 Å². The van der Waals surface area contributed by atoms with Crippen LogP contribution in [0.25, 0.3) is 0 Å². The van der Waals surface area contributed by atoms with Crippen LogP contribution in [0.5, 0.6) is 0 Å². The first-order chi connectivity index (χ1) is 8.95. The minimum atomic E-state index is -0.236. The Morgan fingerprint density at radius 3 is 2.58 bits per heavy atom. The Bertz CT molecular complexity index is 372. The zero-order valence-corrected chi connectivity index (χ0v) is 11.7. The number of carbonyl (C=O) groups is 2. The Morgan fingerprint density at radius 1 is 1.37 bits per heavy atom. The molecule has 1 rings (SSSR count). The smallest absolute Gasteiger partial charge is 0.309 e. The summed E-state index contributed by atoms with van der Waals surface area (Å²) < 4.78 is 10.3. The molecule has 1 heterocycles. The van der Waals surface area contributed by atoms with Crippen LogP contribution in [0.4, 0.5) is 0 Å². The second kappa shape index (κ2) is 7.12. The van der Waals surface area contributed by atoms with Gasteiger partial charge in [0.15, 0.2) is 0 Å². The first-order valence-electron chi connectivity index (χ1n) is 6.50. The predicted octanol–water partition coefficient (Wildman–Crippen LogP) is 2.64. The van der Waals surface area contributed by atoms with E-state index >= 15 is 0 Å². The SMILES string of the molecule is C=C(C)CCC1C(=O)O[C@H](CC(=C)C)[C@H]1COC=O. The first kappa shape index (κ1) is 15.5. The van der Waals surface area contributed by atoms with Gasteiger partial charge in [-0.05, 0) is 26.7 Å². The Labute approximate surface area is 114 Å². The largest absolute Gasteiger partial charge is 0.467 e. The zero-order valence-electron chi connectivity index (χ0n) is 11.7. The van der Waals surface area contributed by atoms with Crippen LogP contribution in [0, 0.1) is 11.8 Å². The van der Waals surface area contributed by atoms with E-state index in [0.717, 1.165) is 17.6 Å². The summed E-state index contributed by atoms with van der Waals surface area (Å²) in [5.41, 5.74) is 1.99. The number of esters is 1. The van der Waals surface area contributed by atoms with E-state index in [2.05, 4.69) is 13.2 Å². The highest BCUT2D eigenvalue weighted by molar-refractivity contribution is 5.75. The predicted molar refractivity (Wildman–Crippen MR) is 72.4 cm³/mol. The third-order valence-corrected chi connectivity index (χ3v) is 3.35. The molecule has 4 heteroatoms. The van der Waals surface area contributed by atoms with Crippen LogP contribution < -0.4 is 0 Å². The molecule has 106 valence electrons. The zero-order chi connectivity index (χ0) is 14.4. The highest BCUT2D eigenvalue weighted by Gasteiger charge is 2.44. The van der Waals surface area contributed by atoms with E-state index in [1.54, 1.807) is 0 Å². The second-order valence-electron chi connectivity index (χ2n) is 5.33. The molecule has 1 aliphatic heterocycles. The molecule has 1 unspecified atom stereocenters. The van der Waals surface area contributed by atoms with Crippen molar-refractivity contribution in [3.05, 3.63) is 24.3 Å². The van der Waals surface area contributed by atoms with Crippen LogP contribution in [0.3, 0.4) is 0 Å². The summed E-state index contributed by atoms with van der Waals surface area (Å²) in [5, 5.41) is 0. The van der Waals surface area contributed by atoms with Crippen LogP contribution >= 0.6 is 0 Å². The minimum absolute atomic E-state index is 0.0891. The maximum absolute atomic E-state index is 11.9. The number of carbonyl (C=O) groups excluding carboxylic acids is 2. The summed E-state index contributed by atoms with van der Waals surface area (Å²) in [5.74, 6) is -0.512. The number of hydrogen-bond acceptors (Lipinski definition) is 4. The van der Waals surface area contributed by atoms with Crippen LogP contribution in [0.2, 0.25) is 0 Å². The monoisotopic (exact) mass is 266 g/mol. The molecular weight excluding hydrogens is 244 g/mol. The Morgan fingerprint density at radius 2 is 2.05 bits per heavy atom. The van der Waals surface area contributed by atoms with Crippen molar-refractivity contribution < 1.29 is 19.1 Å². The number of hydrogen-bond donors (Lipinski definition) is 0. The first-order valence-corrected chi connectivity index (χ1v) is 6.50. The van der Waals surface area contributed by atoms with E-state index in [1.165, 1.54) is 0 Å². The van der Waals surface area contributed by atoms with Crippen LogP contribution in [-0.4, -0.2) is 25.2 Å². The molecule has 1 fully saturated rings. The van der Waals surface area contributed by atoms with Crippen LogP contribution in [0.1, 0.15) is 33.1 Å². The molecule has 3 atom stereocenters. The van der Waals surface area contributed by atoms with Gasteiger partial charge < -0.3 is 9.47 Å². The van der Waals surface area contributed by atoms with Gasteiger partial charge in [-0.1, -0.05) is 11.1 Å². The number of ether oxygens (including phenoxy) is 2. The van der Waals surface area contributed by atoms with Crippen molar-refractivity contribution in [3.63, 3.8) is 0 Å². The molecule has 0 amide bonds. The van der Waals surface area contributed by atoms with Gasteiger partial charge in [0.1, 0.15) is 6.10 Å². The fourth-order valence-corrected chi connectivity index (χ4v) is 2.40. The van der Waals surface area contributed by atoms with Crippen molar-refractivity contribution in [3.8, 4) is 0 Å². The van der Waals surface area contributed by atoms with Gasteiger partial charge in [-0.25, -0.2) is 0 Å². The van der Waals surface area contributed by atoms with Gasteiger partial charge in [-0.3, -0.25) is 9.59 Å². The fourth-order valence-electron chi connectivity index (χ4n) is 2.40. The van der Waals surface area contributed by atoms with E-state index in [9.17, 15) is 9.59 Å². The van der Waals surface area contributed by atoms with Gasteiger partial charge in [0.05, 0.1) is 12.5 Å². The average molecular weight is 266 g/mol. The van der Waals surface area contributed by atoms with Crippen LogP contribution in [-0.2, 0) is 19.1 Å². The van der Waals surface area contributed by atoms with E-state index in [4.69, 9.17) is 9.47 Å². The lowest BCUT2D eigenvalue weighted by molar-refractivity contribution is -0.144. The van der Waals surface area contributed by atoms with Crippen molar-refractivity contribution in [1.29, 1.82) is 0 Å². The number of rotatable bonds is 8. The summed E-state index contributed by atoms with van der Waals surface area (Å²) in [6.07, 6.45) is 1.84. The van der Waals surface area contributed by atoms with E-state index in [1.807, 2.05) is 13.8 Å². The highest BCUT2D eigenvalue weighted by Crippen LogP contribution is 2.35. The maximum Gasteiger partial charge on any atom is 0.309 e. The molecule has 1 saturated heterocycles. The Balaban J connectivity index is 2.73. The maximum atomic E-state index is 11.9. The standard InChI is InChI=1S/C15H22O4/c1-10(2)5-6-12-13(8-18-9-16)14(7-11(3)4)19-15(12)17/h9,12-14H,1,3,5-8H2,2,4H3/t12?,13-,14+/m0/s1.